The molecule has 2 aromatic rings. The van der Waals surface area contributed by atoms with Crippen LogP contribution in [0.3, 0.4) is 0 Å². The normalized spacial score (nSPS) is 20.3. The van der Waals surface area contributed by atoms with Gasteiger partial charge in [-0.2, -0.15) is 5.26 Å². The summed E-state index contributed by atoms with van der Waals surface area (Å²) >= 11 is 7.15. The zero-order valence-corrected chi connectivity index (χ0v) is 16.1. The van der Waals surface area contributed by atoms with Crippen LogP contribution in [0.5, 0.6) is 0 Å². The van der Waals surface area contributed by atoms with Gasteiger partial charge < -0.3 is 5.73 Å². The Labute approximate surface area is 170 Å². The number of allylic oxidation sites excluding steroid dienone is 1. The molecule has 2 atom stereocenters. The van der Waals surface area contributed by atoms with Crippen LogP contribution in [0.2, 0.25) is 5.02 Å². The second-order valence-electron chi connectivity index (χ2n) is 6.50. The molecule has 0 radical (unpaired) electrons. The average molecular weight is 408 g/mol. The van der Waals surface area contributed by atoms with Gasteiger partial charge in [0.15, 0.2) is 5.78 Å². The smallest absolute Gasteiger partial charge is 0.227 e. The number of thioether (sulfide) groups is 1. The van der Waals surface area contributed by atoms with E-state index >= 15 is 0 Å². The van der Waals surface area contributed by atoms with E-state index in [-0.39, 0.29) is 11.5 Å². The number of benzene rings is 2. The summed E-state index contributed by atoms with van der Waals surface area (Å²) in [4.78, 5) is 29.1. The first-order valence-corrected chi connectivity index (χ1v) is 9.90. The maximum atomic E-state index is 13.2. The van der Waals surface area contributed by atoms with E-state index < -0.39 is 17.7 Å². The van der Waals surface area contributed by atoms with Crippen molar-refractivity contribution in [2.75, 3.05) is 5.75 Å². The molecule has 0 spiro atoms. The minimum Gasteiger partial charge on any atom is -0.369 e. The molecule has 4 rings (SSSR count). The molecule has 0 saturated heterocycles. The zero-order valence-electron chi connectivity index (χ0n) is 14.6. The molecule has 1 heterocycles. The highest BCUT2D eigenvalue weighted by Crippen LogP contribution is 2.47. The van der Waals surface area contributed by atoms with Gasteiger partial charge in [0.05, 0.1) is 29.0 Å². The number of carbonyl (C=O) groups is 2. The Hall–Kier alpha value is -2.88. The third kappa shape index (κ3) is 3.03. The Bertz CT molecular complexity index is 1100. The molecule has 2 aliphatic rings. The van der Waals surface area contributed by atoms with Crippen molar-refractivity contribution in [3.8, 4) is 6.07 Å². The number of halogens is 1. The Balaban J connectivity index is 1.92. The van der Waals surface area contributed by atoms with E-state index in [0.717, 1.165) is 22.9 Å². The molecule has 138 valence electrons. The highest BCUT2D eigenvalue weighted by atomic mass is 35.5. The monoisotopic (exact) mass is 407 g/mol. The fourth-order valence-electron chi connectivity index (χ4n) is 3.69. The number of hydrogen-bond acceptors (Lipinski definition) is 5. The van der Waals surface area contributed by atoms with E-state index in [1.165, 1.54) is 0 Å². The van der Waals surface area contributed by atoms with Crippen LogP contribution in [0.4, 0.5) is 0 Å². The van der Waals surface area contributed by atoms with Crippen LogP contribution in [0.25, 0.3) is 0 Å². The maximum absolute atomic E-state index is 13.2. The van der Waals surface area contributed by atoms with Crippen molar-refractivity contribution in [2.45, 2.75) is 5.92 Å². The minimum absolute atomic E-state index is 0.00485. The first-order chi connectivity index (χ1) is 13.5. The number of carbonyl (C=O) groups excluding carboxylic acids is 2. The van der Waals surface area contributed by atoms with Gasteiger partial charge in [-0.15, -0.1) is 0 Å². The molecule has 1 aliphatic carbocycles. The molecule has 1 aliphatic heterocycles. The molecular weight excluding hydrogens is 394 g/mol. The number of Topliss-reactive ketones (excluding diaryl/α,β-unsaturated/α-hetero) is 1. The lowest BCUT2D eigenvalue weighted by molar-refractivity contribution is -0.115. The standard InChI is InChI=1S/C21H14ClN3O2S/c22-12-7-5-11(6-8-12)17-15(9-23)21(28-10-16(24)26)25-19-13-3-1-2-4-14(13)20(27)18(17)19/h1-8,17-18H,10H2,(H2,24,26)/t17-,18?/m1/s1. The number of aliphatic imine (C=N–C) groups is 1. The van der Waals surface area contributed by atoms with Crippen molar-refractivity contribution >= 4 is 40.8 Å². The third-order valence-electron chi connectivity index (χ3n) is 4.84. The fraction of sp³-hybridized carbons (Fsp3) is 0.143. The van der Waals surface area contributed by atoms with Crippen molar-refractivity contribution < 1.29 is 9.59 Å². The van der Waals surface area contributed by atoms with E-state index in [1.807, 2.05) is 30.3 Å². The second-order valence-corrected chi connectivity index (χ2v) is 7.90. The highest BCUT2D eigenvalue weighted by molar-refractivity contribution is 8.03. The maximum Gasteiger partial charge on any atom is 0.227 e. The Morgan fingerprint density at radius 1 is 1.14 bits per heavy atom. The Morgan fingerprint density at radius 2 is 1.82 bits per heavy atom. The largest absolute Gasteiger partial charge is 0.369 e. The van der Waals surface area contributed by atoms with Gasteiger partial charge in [0.1, 0.15) is 5.03 Å². The number of ketones is 1. The number of nitriles is 1. The summed E-state index contributed by atoms with van der Waals surface area (Å²) in [5.74, 6) is -1.62. The van der Waals surface area contributed by atoms with Crippen LogP contribution in [0.1, 0.15) is 27.4 Å². The lowest BCUT2D eigenvalue weighted by Gasteiger charge is -2.28. The molecular formula is C21H14ClN3O2S. The van der Waals surface area contributed by atoms with Crippen molar-refractivity contribution in [3.63, 3.8) is 0 Å². The fourth-order valence-corrected chi connectivity index (χ4v) is 4.58. The molecule has 7 heteroatoms. The molecule has 5 nitrogen and oxygen atoms in total. The number of fused-ring (bicyclic) bond motifs is 3. The van der Waals surface area contributed by atoms with Crippen molar-refractivity contribution in [1.82, 2.24) is 0 Å². The lowest BCUT2D eigenvalue weighted by atomic mass is 9.77. The van der Waals surface area contributed by atoms with Gasteiger partial charge in [-0.3, -0.25) is 9.59 Å². The van der Waals surface area contributed by atoms with Gasteiger partial charge >= 0.3 is 0 Å². The van der Waals surface area contributed by atoms with Gasteiger partial charge in [-0.1, -0.05) is 59.8 Å². The van der Waals surface area contributed by atoms with Gasteiger partial charge in [0.2, 0.25) is 5.91 Å². The molecule has 0 saturated carbocycles. The predicted octanol–water partition coefficient (Wildman–Crippen LogP) is 3.69. The summed E-state index contributed by atoms with van der Waals surface area (Å²) in [7, 11) is 0. The molecule has 0 fully saturated rings. The van der Waals surface area contributed by atoms with Gasteiger partial charge in [0, 0.05) is 22.1 Å². The van der Waals surface area contributed by atoms with Crippen LogP contribution in [0, 0.1) is 17.2 Å². The zero-order chi connectivity index (χ0) is 19.8. The predicted molar refractivity (Wildman–Crippen MR) is 109 cm³/mol. The van der Waals surface area contributed by atoms with Crippen molar-refractivity contribution in [3.05, 3.63) is 80.8 Å². The quantitative estimate of drug-likeness (QED) is 0.835. The summed E-state index contributed by atoms with van der Waals surface area (Å²) < 4.78 is 0. The summed E-state index contributed by atoms with van der Waals surface area (Å²) in [6, 6.07) is 16.6. The topological polar surface area (TPSA) is 96.3 Å². The number of nitrogens with zero attached hydrogens (tertiary/aromatic N) is 2. The molecule has 28 heavy (non-hydrogen) atoms. The van der Waals surface area contributed by atoms with E-state index in [0.29, 0.717) is 26.9 Å². The molecule has 2 N–H and O–H groups in total. The Morgan fingerprint density at radius 3 is 2.46 bits per heavy atom. The van der Waals surface area contributed by atoms with E-state index in [2.05, 4.69) is 11.1 Å². The number of amides is 1. The van der Waals surface area contributed by atoms with Crippen LogP contribution in [0.15, 0.2) is 64.1 Å². The minimum atomic E-state index is -0.578. The summed E-state index contributed by atoms with van der Waals surface area (Å²) in [5.41, 5.74) is 8.45. The van der Waals surface area contributed by atoms with Gasteiger partial charge in [-0.25, -0.2) is 4.99 Å². The SMILES string of the molecule is N#CC1=C(SCC(N)=O)N=C2c3ccccc3C(=O)C2[C@@H]1c1ccc(Cl)cc1. The number of hydrogen-bond donors (Lipinski definition) is 1. The third-order valence-corrected chi connectivity index (χ3v) is 6.11. The van der Waals surface area contributed by atoms with Crippen LogP contribution < -0.4 is 5.73 Å². The van der Waals surface area contributed by atoms with E-state index in [4.69, 9.17) is 17.3 Å². The first kappa shape index (κ1) is 18.5. The molecule has 2 aromatic carbocycles. The van der Waals surface area contributed by atoms with Crippen molar-refractivity contribution in [1.29, 1.82) is 5.26 Å². The van der Waals surface area contributed by atoms with E-state index in [9.17, 15) is 14.9 Å². The number of rotatable bonds is 4. The second kappa shape index (κ2) is 7.27. The summed E-state index contributed by atoms with van der Waals surface area (Å²) in [6.45, 7) is 0. The summed E-state index contributed by atoms with van der Waals surface area (Å²) in [6.07, 6.45) is 0. The van der Waals surface area contributed by atoms with Crippen LogP contribution in [-0.2, 0) is 4.79 Å². The molecule has 0 bridgehead atoms. The van der Waals surface area contributed by atoms with Crippen molar-refractivity contribution in [2.24, 2.45) is 16.6 Å². The summed E-state index contributed by atoms with van der Waals surface area (Å²) in [5, 5.41) is 10.9. The van der Waals surface area contributed by atoms with Gasteiger partial charge in [0.25, 0.3) is 0 Å². The number of nitrogens with two attached hydrogens (primary N) is 1. The van der Waals surface area contributed by atoms with E-state index in [1.54, 1.807) is 18.2 Å². The molecule has 1 amide bonds. The number of primary amides is 1. The molecule has 0 aromatic heterocycles. The highest BCUT2D eigenvalue weighted by Gasteiger charge is 2.46. The first-order valence-electron chi connectivity index (χ1n) is 8.54. The lowest BCUT2D eigenvalue weighted by Crippen LogP contribution is -2.29. The van der Waals surface area contributed by atoms with Crippen LogP contribution in [-0.4, -0.2) is 23.2 Å². The Kier molecular flexibility index (Phi) is 4.80. The van der Waals surface area contributed by atoms with Gasteiger partial charge in [-0.05, 0) is 17.7 Å². The average Bonchev–Trinajstić information content (AvgIpc) is 2.98. The molecule has 1 unspecified atom stereocenters. The van der Waals surface area contributed by atoms with Crippen LogP contribution >= 0.6 is 23.4 Å².